The Bertz CT molecular complexity index is 698. The van der Waals surface area contributed by atoms with E-state index in [2.05, 4.69) is 41.5 Å². The molecule has 2 rings (SSSR count). The van der Waals surface area contributed by atoms with Gasteiger partial charge in [-0.3, -0.25) is 9.59 Å². The van der Waals surface area contributed by atoms with Crippen molar-refractivity contribution in [1.29, 1.82) is 0 Å². The summed E-state index contributed by atoms with van der Waals surface area (Å²) in [5.74, 6) is 0.00752. The van der Waals surface area contributed by atoms with Crippen molar-refractivity contribution in [3.8, 4) is 0 Å². The van der Waals surface area contributed by atoms with Gasteiger partial charge in [0.05, 0.1) is 18.3 Å². The molecular weight excluding hydrogens is 488 g/mol. The number of carboxylic acid groups (broad SMARTS) is 1. The summed E-state index contributed by atoms with van der Waals surface area (Å²) in [7, 11) is 0. The molecule has 0 bridgehead atoms. The largest absolute Gasteiger partial charge is 0.481 e. The van der Waals surface area contributed by atoms with Crippen LogP contribution in [0, 0.1) is 23.7 Å². The molecule has 0 saturated carbocycles. The minimum atomic E-state index is -0.720. The lowest BCUT2D eigenvalue weighted by molar-refractivity contribution is -0.333. The molecule has 10 unspecified atom stereocenters. The molecule has 8 nitrogen and oxygen atoms in total. The van der Waals surface area contributed by atoms with Gasteiger partial charge >= 0.3 is 11.9 Å². The summed E-state index contributed by atoms with van der Waals surface area (Å²) in [5.41, 5.74) is 0. The van der Waals surface area contributed by atoms with Crippen LogP contribution in [0.5, 0.6) is 0 Å². The molecule has 0 aromatic carbocycles. The first-order valence-electron chi connectivity index (χ1n) is 15.1. The van der Waals surface area contributed by atoms with Crippen molar-refractivity contribution in [2.24, 2.45) is 23.7 Å². The zero-order valence-corrected chi connectivity index (χ0v) is 24.9. The predicted molar refractivity (Wildman–Crippen MR) is 146 cm³/mol. The Morgan fingerprint density at radius 2 is 1.29 bits per heavy atom. The molecule has 1 N–H and O–H groups in total. The van der Waals surface area contributed by atoms with Gasteiger partial charge in [-0.25, -0.2) is 0 Å². The summed E-state index contributed by atoms with van der Waals surface area (Å²) in [6.45, 7) is 15.0. The molecule has 2 fully saturated rings. The zero-order valence-electron chi connectivity index (χ0n) is 24.9. The Balaban J connectivity index is 1.90. The van der Waals surface area contributed by atoms with E-state index in [9.17, 15) is 9.59 Å². The molecule has 0 spiro atoms. The van der Waals surface area contributed by atoms with Crippen LogP contribution in [0.15, 0.2) is 0 Å². The van der Waals surface area contributed by atoms with Crippen molar-refractivity contribution in [2.45, 2.75) is 150 Å². The molecule has 222 valence electrons. The van der Waals surface area contributed by atoms with Crippen molar-refractivity contribution in [3.05, 3.63) is 0 Å². The van der Waals surface area contributed by atoms with Gasteiger partial charge in [-0.1, -0.05) is 73.6 Å². The van der Waals surface area contributed by atoms with Crippen LogP contribution >= 0.6 is 0 Å². The van der Waals surface area contributed by atoms with Gasteiger partial charge in [0, 0.05) is 31.8 Å². The number of carbonyl (C=O) groups excluding carboxylic acids is 1. The molecule has 38 heavy (non-hydrogen) atoms. The first-order chi connectivity index (χ1) is 18.1. The van der Waals surface area contributed by atoms with Crippen LogP contribution in [-0.2, 0) is 33.3 Å². The number of unbranched alkanes of at least 4 members (excludes halogenated alkanes) is 6. The topological polar surface area (TPSA) is 101 Å². The first kappa shape index (κ1) is 33.0. The summed E-state index contributed by atoms with van der Waals surface area (Å²) in [6, 6.07) is 0. The van der Waals surface area contributed by atoms with Gasteiger partial charge in [-0.2, -0.15) is 0 Å². The smallest absolute Gasteiger partial charge is 0.303 e. The van der Waals surface area contributed by atoms with Crippen LogP contribution in [0.4, 0.5) is 0 Å². The number of hydrogen-bond acceptors (Lipinski definition) is 7. The van der Waals surface area contributed by atoms with Crippen molar-refractivity contribution in [2.75, 3.05) is 6.61 Å². The zero-order chi connectivity index (χ0) is 28.2. The fraction of sp³-hybridized carbons (Fsp3) is 0.933. The molecule has 0 aromatic rings. The van der Waals surface area contributed by atoms with E-state index in [0.29, 0.717) is 18.4 Å². The summed E-state index contributed by atoms with van der Waals surface area (Å²) in [5, 5.41) is 8.71. The third-order valence-electron chi connectivity index (χ3n) is 8.68. The first-order valence-corrected chi connectivity index (χ1v) is 15.1. The normalized spacial score (nSPS) is 35.7. The van der Waals surface area contributed by atoms with Gasteiger partial charge in [0.15, 0.2) is 18.7 Å². The third-order valence-corrected chi connectivity index (χ3v) is 8.68. The number of hydrogen-bond donors (Lipinski definition) is 1. The second-order valence-corrected chi connectivity index (χ2v) is 11.5. The molecule has 0 amide bonds. The van der Waals surface area contributed by atoms with Gasteiger partial charge < -0.3 is 28.8 Å². The van der Waals surface area contributed by atoms with Gasteiger partial charge in [-0.05, 0) is 37.5 Å². The minimum absolute atomic E-state index is 0.112. The van der Waals surface area contributed by atoms with Crippen LogP contribution in [0.3, 0.4) is 0 Å². The van der Waals surface area contributed by atoms with Crippen molar-refractivity contribution < 1.29 is 38.4 Å². The standard InChI is InChI=1S/C30H54O8/c1-8-24-20(4)19(3)21(5)29(36-24)38-27-22(6)28(35-23(7)31)30(37-25(27)9-2)34-18-16-14-12-10-11-13-15-17-26(32)33/h19-22,24-25,27-30H,8-18H2,1-7H3,(H,32,33). The molecule has 2 aliphatic rings. The van der Waals surface area contributed by atoms with E-state index in [-0.39, 0.29) is 48.8 Å². The van der Waals surface area contributed by atoms with Crippen LogP contribution in [0.2, 0.25) is 0 Å². The Labute approximate surface area is 230 Å². The maximum atomic E-state index is 12.0. The maximum absolute atomic E-state index is 12.0. The number of aliphatic carboxylic acids is 1. The summed E-state index contributed by atoms with van der Waals surface area (Å²) in [4.78, 5) is 22.6. The fourth-order valence-electron chi connectivity index (χ4n) is 5.86. The number of carboxylic acids is 1. The molecule has 8 heteroatoms. The quantitative estimate of drug-likeness (QED) is 0.178. The van der Waals surface area contributed by atoms with E-state index < -0.39 is 18.4 Å². The SMILES string of the molecule is CCC1OC(OC2C(CC)OC(OCCCCCCCCCC(=O)O)C(OC(C)=O)C2C)C(C)C(C)C1C. The average Bonchev–Trinajstić information content (AvgIpc) is 2.87. The van der Waals surface area contributed by atoms with Crippen LogP contribution in [0.1, 0.15) is 113 Å². The Morgan fingerprint density at radius 1 is 0.711 bits per heavy atom. The Kier molecular flexibility index (Phi) is 14.6. The Hall–Kier alpha value is -1.22. The summed E-state index contributed by atoms with van der Waals surface area (Å²) < 4.78 is 31.3. The van der Waals surface area contributed by atoms with E-state index in [4.69, 9.17) is 28.8 Å². The second-order valence-electron chi connectivity index (χ2n) is 11.5. The highest BCUT2D eigenvalue weighted by Gasteiger charge is 2.49. The number of rotatable bonds is 16. The monoisotopic (exact) mass is 542 g/mol. The highest BCUT2D eigenvalue weighted by atomic mass is 16.7. The minimum Gasteiger partial charge on any atom is -0.481 e. The van der Waals surface area contributed by atoms with Crippen molar-refractivity contribution in [1.82, 2.24) is 0 Å². The predicted octanol–water partition coefficient (Wildman–Crippen LogP) is 6.34. The van der Waals surface area contributed by atoms with E-state index in [1.165, 1.54) is 6.92 Å². The van der Waals surface area contributed by atoms with Gasteiger partial charge in [-0.15, -0.1) is 0 Å². The fourth-order valence-corrected chi connectivity index (χ4v) is 5.86. The molecule has 2 aliphatic heterocycles. The average molecular weight is 543 g/mol. The number of carbonyl (C=O) groups is 2. The third kappa shape index (κ3) is 9.76. The molecular formula is C30H54O8. The lowest BCUT2D eigenvalue weighted by atomic mass is 9.78. The summed E-state index contributed by atoms with van der Waals surface area (Å²) >= 11 is 0. The van der Waals surface area contributed by atoms with Crippen molar-refractivity contribution in [3.63, 3.8) is 0 Å². The van der Waals surface area contributed by atoms with Gasteiger partial charge in [0.2, 0.25) is 0 Å². The lowest BCUT2D eigenvalue weighted by Crippen LogP contribution is -2.58. The van der Waals surface area contributed by atoms with Crippen molar-refractivity contribution >= 4 is 11.9 Å². The number of ether oxygens (including phenoxy) is 5. The van der Waals surface area contributed by atoms with E-state index in [1.807, 2.05) is 0 Å². The second kappa shape index (κ2) is 16.8. The molecule has 0 aromatic heterocycles. The molecule has 2 saturated heterocycles. The molecule has 0 aliphatic carbocycles. The van der Waals surface area contributed by atoms with Crippen LogP contribution < -0.4 is 0 Å². The highest BCUT2D eigenvalue weighted by Crippen LogP contribution is 2.40. The molecule has 10 atom stereocenters. The maximum Gasteiger partial charge on any atom is 0.303 e. The van der Waals surface area contributed by atoms with Crippen LogP contribution in [-0.4, -0.2) is 60.6 Å². The molecule has 2 heterocycles. The lowest BCUT2D eigenvalue weighted by Gasteiger charge is -2.49. The van der Waals surface area contributed by atoms with Gasteiger partial charge in [0.25, 0.3) is 0 Å². The number of esters is 1. The van der Waals surface area contributed by atoms with E-state index >= 15 is 0 Å². The molecule has 0 radical (unpaired) electrons. The Morgan fingerprint density at radius 3 is 1.87 bits per heavy atom. The summed E-state index contributed by atoms with van der Waals surface area (Å²) in [6.07, 6.45) is 7.08. The van der Waals surface area contributed by atoms with E-state index in [0.717, 1.165) is 57.8 Å². The van der Waals surface area contributed by atoms with Gasteiger partial charge in [0.1, 0.15) is 0 Å². The highest BCUT2D eigenvalue weighted by molar-refractivity contribution is 5.66. The van der Waals surface area contributed by atoms with E-state index in [1.54, 1.807) is 0 Å². The van der Waals surface area contributed by atoms with Crippen LogP contribution in [0.25, 0.3) is 0 Å².